The molecule has 8 heteroatoms. The van der Waals surface area contributed by atoms with Crippen molar-refractivity contribution in [3.8, 4) is 0 Å². The van der Waals surface area contributed by atoms with Gasteiger partial charge in [-0.25, -0.2) is 0 Å². The number of halogens is 1. The average molecular weight is 657 g/mol. The van der Waals surface area contributed by atoms with Crippen LogP contribution in [-0.2, 0) is 13.6 Å². The van der Waals surface area contributed by atoms with E-state index in [4.69, 9.17) is 13.6 Å². The van der Waals surface area contributed by atoms with E-state index < -0.39 is 32.8 Å². The van der Waals surface area contributed by atoms with Gasteiger partial charge in [-0.15, -0.1) is 0 Å². The van der Waals surface area contributed by atoms with Crippen LogP contribution in [0.4, 0.5) is 4.39 Å². The molecule has 2 aliphatic heterocycles. The Kier molecular flexibility index (Phi) is 12.0. The first-order chi connectivity index (χ1) is 19.5. The summed E-state index contributed by atoms with van der Waals surface area (Å²) in [6.07, 6.45) is 17.6. The molecule has 4 aliphatic rings. The number of rotatable bonds is 19. The normalized spacial score (nSPS) is 31.3. The SMILES string of the molecule is CC(CF)(CCC[Si](C)(C)C[Si](C)(C)CCC1CCC2OC2C1)CCC[Si](C)(C)O[Si](C)(C)CCC1CCC2OC2C1. The fraction of sp³-hybridized carbons (Fsp3) is 1.00. The van der Waals surface area contributed by atoms with E-state index >= 15 is 0 Å². The topological polar surface area (TPSA) is 34.3 Å². The number of fused-ring (bicyclic) bond motifs is 2. The molecule has 4 fully saturated rings. The summed E-state index contributed by atoms with van der Waals surface area (Å²) >= 11 is 0. The second-order valence-electron chi connectivity index (χ2n) is 18.6. The van der Waals surface area contributed by atoms with Gasteiger partial charge in [0.2, 0.25) is 0 Å². The van der Waals surface area contributed by atoms with Crippen molar-refractivity contribution in [1.29, 1.82) is 0 Å². The number of ether oxygens (including phenoxy) is 2. The largest absolute Gasteiger partial charge is 0.455 e. The van der Waals surface area contributed by atoms with Crippen LogP contribution in [0.5, 0.6) is 0 Å². The molecule has 2 aliphatic carbocycles. The minimum absolute atomic E-state index is 0.150. The summed E-state index contributed by atoms with van der Waals surface area (Å²) in [5.41, 5.74) is 1.39. The molecular formula is C34H69FO3Si4. The van der Waals surface area contributed by atoms with Crippen LogP contribution in [0, 0.1) is 17.3 Å². The Morgan fingerprint density at radius 2 is 1.12 bits per heavy atom. The van der Waals surface area contributed by atoms with Crippen LogP contribution in [0.25, 0.3) is 0 Å². The summed E-state index contributed by atoms with van der Waals surface area (Å²) in [7, 11) is -5.83. The molecule has 2 saturated carbocycles. The summed E-state index contributed by atoms with van der Waals surface area (Å²) in [6.45, 7) is 22.3. The summed E-state index contributed by atoms with van der Waals surface area (Å²) in [5, 5.41) is 0. The van der Waals surface area contributed by atoms with Crippen LogP contribution in [-0.4, -0.2) is 63.9 Å². The Hall–Kier alpha value is 0.678. The molecule has 246 valence electrons. The van der Waals surface area contributed by atoms with Crippen LogP contribution < -0.4 is 0 Å². The summed E-state index contributed by atoms with van der Waals surface area (Å²) in [6, 6.07) is 5.32. The Morgan fingerprint density at radius 1 is 0.643 bits per heavy atom. The number of epoxide rings is 2. The predicted octanol–water partition coefficient (Wildman–Crippen LogP) is 10.8. The zero-order valence-corrected chi connectivity index (χ0v) is 33.3. The van der Waals surface area contributed by atoms with E-state index in [0.717, 1.165) is 31.1 Å². The van der Waals surface area contributed by atoms with Crippen molar-refractivity contribution in [2.75, 3.05) is 6.67 Å². The van der Waals surface area contributed by atoms with Crippen LogP contribution in [0.15, 0.2) is 0 Å². The van der Waals surface area contributed by atoms with Crippen molar-refractivity contribution in [1.82, 2.24) is 0 Å². The lowest BCUT2D eigenvalue weighted by Crippen LogP contribution is -2.44. The highest BCUT2D eigenvalue weighted by atomic mass is 28.4. The zero-order valence-electron chi connectivity index (χ0n) is 29.3. The first-order valence-electron chi connectivity index (χ1n) is 18.0. The van der Waals surface area contributed by atoms with Crippen molar-refractivity contribution in [3.63, 3.8) is 0 Å². The van der Waals surface area contributed by atoms with Gasteiger partial charge in [-0.2, -0.15) is 0 Å². The molecule has 0 aromatic heterocycles. The van der Waals surface area contributed by atoms with Gasteiger partial charge in [0.1, 0.15) is 0 Å². The molecule has 0 amide bonds. The maximum atomic E-state index is 14.4. The summed E-state index contributed by atoms with van der Waals surface area (Å²) in [5.74, 6) is 1.77. The van der Waals surface area contributed by atoms with Crippen LogP contribution >= 0.6 is 0 Å². The molecule has 2 saturated heterocycles. The molecule has 7 unspecified atom stereocenters. The number of alkyl halides is 1. The molecular weight excluding hydrogens is 588 g/mol. The molecule has 42 heavy (non-hydrogen) atoms. The minimum Gasteiger partial charge on any atom is -0.455 e. The molecule has 0 bridgehead atoms. The molecule has 2 heterocycles. The minimum atomic E-state index is -1.73. The van der Waals surface area contributed by atoms with E-state index in [2.05, 4.69) is 59.3 Å². The van der Waals surface area contributed by atoms with Crippen LogP contribution in [0.1, 0.15) is 84.0 Å². The van der Waals surface area contributed by atoms with E-state index in [1.54, 1.807) is 0 Å². The van der Waals surface area contributed by atoms with E-state index in [-0.39, 0.29) is 12.1 Å². The third-order valence-corrected chi connectivity index (χ3v) is 30.1. The van der Waals surface area contributed by atoms with Crippen LogP contribution in [0.2, 0.25) is 82.2 Å². The van der Waals surface area contributed by atoms with Gasteiger partial charge in [0.05, 0.1) is 31.1 Å². The van der Waals surface area contributed by atoms with Gasteiger partial charge < -0.3 is 13.6 Å². The van der Waals surface area contributed by atoms with Gasteiger partial charge in [-0.05, 0) is 107 Å². The van der Waals surface area contributed by atoms with Gasteiger partial charge in [0.25, 0.3) is 0 Å². The highest BCUT2D eigenvalue weighted by Crippen LogP contribution is 2.43. The lowest BCUT2D eigenvalue weighted by molar-refractivity contribution is 0.193. The summed E-state index contributed by atoms with van der Waals surface area (Å²) < 4.78 is 33.0. The first kappa shape index (κ1) is 35.5. The Bertz CT molecular complexity index is 802. The molecule has 4 rings (SSSR count). The number of hydrogen-bond donors (Lipinski definition) is 0. The van der Waals surface area contributed by atoms with Gasteiger partial charge in [-0.1, -0.05) is 76.6 Å². The maximum Gasteiger partial charge on any atom is 0.173 e. The quantitative estimate of drug-likeness (QED) is 0.102. The van der Waals surface area contributed by atoms with Gasteiger partial charge in [0, 0.05) is 16.1 Å². The van der Waals surface area contributed by atoms with E-state index in [0.29, 0.717) is 24.4 Å². The van der Waals surface area contributed by atoms with Crippen molar-refractivity contribution < 1.29 is 18.0 Å². The van der Waals surface area contributed by atoms with Gasteiger partial charge in [-0.3, -0.25) is 4.39 Å². The van der Waals surface area contributed by atoms with Crippen molar-refractivity contribution in [2.24, 2.45) is 17.3 Å². The molecule has 0 spiro atoms. The average Bonchev–Trinajstić information content (AvgIpc) is 3.79. The molecule has 7 atom stereocenters. The maximum absolute atomic E-state index is 14.4. The Morgan fingerprint density at radius 3 is 1.64 bits per heavy atom. The Balaban J connectivity index is 1.12. The smallest absolute Gasteiger partial charge is 0.173 e. The zero-order chi connectivity index (χ0) is 30.8. The van der Waals surface area contributed by atoms with Crippen molar-refractivity contribution in [2.45, 2.75) is 191 Å². The fourth-order valence-electron chi connectivity index (χ4n) is 9.16. The standard InChI is InChI=1S/C34H69FO3Si4/c1-34(26-35,18-10-20-39(2,3)27-40(4,5)22-16-28-12-14-30-32(24-28)36-30)19-11-21-41(6,7)38-42(8,9)23-17-29-13-15-31-33(25-29)37-31/h28-33H,10-27H2,1-9H3. The highest BCUT2D eigenvalue weighted by Gasteiger charge is 2.45. The summed E-state index contributed by atoms with van der Waals surface area (Å²) in [4.78, 5) is 0. The van der Waals surface area contributed by atoms with Gasteiger partial charge >= 0.3 is 0 Å². The second-order valence-corrected chi connectivity index (χ2v) is 38.6. The van der Waals surface area contributed by atoms with E-state index in [1.165, 1.54) is 87.6 Å². The fourth-order valence-corrected chi connectivity index (χ4v) is 32.2. The lowest BCUT2D eigenvalue weighted by atomic mass is 9.83. The Labute approximate surface area is 264 Å². The monoisotopic (exact) mass is 656 g/mol. The molecule has 0 aromatic carbocycles. The molecule has 0 radical (unpaired) electrons. The number of hydrogen-bond acceptors (Lipinski definition) is 3. The molecule has 3 nitrogen and oxygen atoms in total. The lowest BCUT2D eigenvalue weighted by Gasteiger charge is -2.36. The second kappa shape index (κ2) is 14.2. The van der Waals surface area contributed by atoms with Gasteiger partial charge in [0.15, 0.2) is 16.6 Å². The third-order valence-electron chi connectivity index (χ3n) is 11.6. The third kappa shape index (κ3) is 11.8. The van der Waals surface area contributed by atoms with E-state index in [1.807, 2.05) is 0 Å². The van der Waals surface area contributed by atoms with Crippen LogP contribution in [0.3, 0.4) is 0 Å². The van der Waals surface area contributed by atoms with E-state index in [9.17, 15) is 4.39 Å². The molecule has 0 N–H and O–H groups in total. The highest BCUT2D eigenvalue weighted by molar-refractivity contribution is 6.95. The molecule has 0 aromatic rings. The first-order valence-corrected chi connectivity index (χ1v) is 31.1. The van der Waals surface area contributed by atoms with Crippen molar-refractivity contribution in [3.05, 3.63) is 0 Å². The van der Waals surface area contributed by atoms with Crippen molar-refractivity contribution >= 4 is 32.8 Å². The predicted molar refractivity (Wildman–Crippen MR) is 189 cm³/mol.